The third-order valence-corrected chi connectivity index (χ3v) is 2.14. The first-order chi connectivity index (χ1) is 7.11. The van der Waals surface area contributed by atoms with Crippen LogP contribution in [0.5, 0.6) is 5.75 Å². The number of benzene rings is 1. The largest absolute Gasteiger partial charge is 0.491 e. The van der Waals surface area contributed by atoms with Gasteiger partial charge in [0.05, 0.1) is 11.4 Å². The Morgan fingerprint density at radius 3 is 2.47 bits per heavy atom. The fraction of sp³-hybridized carbons (Fsp3) is 0.364. The SMILES string of the molecule is CC(C)Oc1ccc(NC(=O)CBr)cc1. The number of nitrogens with one attached hydrogen (secondary N) is 1. The highest BCUT2D eigenvalue weighted by Crippen LogP contribution is 2.16. The van der Waals surface area contributed by atoms with E-state index >= 15 is 0 Å². The molecule has 0 aliphatic rings. The lowest BCUT2D eigenvalue weighted by atomic mass is 10.3. The monoisotopic (exact) mass is 271 g/mol. The van der Waals surface area contributed by atoms with Crippen molar-refractivity contribution in [1.29, 1.82) is 0 Å². The molecule has 0 aromatic heterocycles. The van der Waals surface area contributed by atoms with E-state index in [9.17, 15) is 4.79 Å². The van der Waals surface area contributed by atoms with E-state index in [1.165, 1.54) is 0 Å². The predicted octanol–water partition coefficient (Wildman–Crippen LogP) is 2.81. The molecule has 1 rings (SSSR count). The summed E-state index contributed by atoms with van der Waals surface area (Å²) in [7, 11) is 0. The van der Waals surface area contributed by atoms with Crippen LogP contribution in [0.2, 0.25) is 0 Å². The highest BCUT2D eigenvalue weighted by atomic mass is 79.9. The molecule has 0 saturated heterocycles. The molecule has 15 heavy (non-hydrogen) atoms. The Balaban J connectivity index is 2.60. The van der Waals surface area contributed by atoms with Gasteiger partial charge < -0.3 is 10.1 Å². The zero-order chi connectivity index (χ0) is 11.3. The molecule has 0 aliphatic heterocycles. The van der Waals surface area contributed by atoms with Crippen molar-refractivity contribution in [3.8, 4) is 5.75 Å². The summed E-state index contributed by atoms with van der Waals surface area (Å²) in [6.45, 7) is 3.95. The van der Waals surface area contributed by atoms with Crippen molar-refractivity contribution in [1.82, 2.24) is 0 Å². The van der Waals surface area contributed by atoms with Crippen LogP contribution in [0.25, 0.3) is 0 Å². The highest BCUT2D eigenvalue weighted by Gasteiger charge is 2.00. The van der Waals surface area contributed by atoms with Gasteiger partial charge in [-0.2, -0.15) is 0 Å². The van der Waals surface area contributed by atoms with E-state index in [1.807, 2.05) is 38.1 Å². The molecule has 1 N–H and O–H groups in total. The zero-order valence-corrected chi connectivity index (χ0v) is 10.4. The van der Waals surface area contributed by atoms with Crippen LogP contribution in [-0.2, 0) is 4.79 Å². The molecule has 0 bridgehead atoms. The molecule has 0 aliphatic carbocycles. The summed E-state index contributed by atoms with van der Waals surface area (Å²) >= 11 is 3.08. The molecule has 0 heterocycles. The van der Waals surface area contributed by atoms with Crippen LogP contribution in [0.15, 0.2) is 24.3 Å². The van der Waals surface area contributed by atoms with Gasteiger partial charge in [-0.1, -0.05) is 15.9 Å². The minimum atomic E-state index is -0.0625. The first-order valence-corrected chi connectivity index (χ1v) is 5.86. The second kappa shape index (κ2) is 5.75. The van der Waals surface area contributed by atoms with Crippen molar-refractivity contribution >= 4 is 27.5 Å². The average Bonchev–Trinajstić information content (AvgIpc) is 2.20. The second-order valence-electron chi connectivity index (χ2n) is 3.37. The number of alkyl halides is 1. The van der Waals surface area contributed by atoms with Gasteiger partial charge in [-0.3, -0.25) is 4.79 Å². The maximum atomic E-state index is 11.1. The lowest BCUT2D eigenvalue weighted by Crippen LogP contribution is -2.12. The first kappa shape index (κ1) is 12.0. The fourth-order valence-corrected chi connectivity index (χ4v) is 1.22. The summed E-state index contributed by atoms with van der Waals surface area (Å²) in [5.74, 6) is 0.745. The van der Waals surface area contributed by atoms with Gasteiger partial charge in [0, 0.05) is 5.69 Å². The van der Waals surface area contributed by atoms with Gasteiger partial charge in [0.25, 0.3) is 0 Å². The molecular weight excluding hydrogens is 258 g/mol. The Bertz CT molecular complexity index is 322. The number of hydrogen-bond acceptors (Lipinski definition) is 2. The van der Waals surface area contributed by atoms with Crippen LogP contribution < -0.4 is 10.1 Å². The first-order valence-electron chi connectivity index (χ1n) is 4.74. The Morgan fingerprint density at radius 2 is 2.00 bits per heavy atom. The van der Waals surface area contributed by atoms with Crippen LogP contribution in [0.3, 0.4) is 0 Å². The molecule has 4 heteroatoms. The molecule has 1 amide bonds. The number of anilines is 1. The van der Waals surface area contributed by atoms with Crippen molar-refractivity contribution < 1.29 is 9.53 Å². The maximum absolute atomic E-state index is 11.1. The third kappa shape index (κ3) is 4.34. The molecule has 0 fully saturated rings. The van der Waals surface area contributed by atoms with E-state index in [-0.39, 0.29) is 12.0 Å². The van der Waals surface area contributed by atoms with Crippen LogP contribution >= 0.6 is 15.9 Å². The van der Waals surface area contributed by atoms with E-state index in [0.29, 0.717) is 5.33 Å². The lowest BCUT2D eigenvalue weighted by Gasteiger charge is -2.10. The van der Waals surface area contributed by atoms with E-state index in [1.54, 1.807) is 0 Å². The smallest absolute Gasteiger partial charge is 0.235 e. The lowest BCUT2D eigenvalue weighted by molar-refractivity contribution is -0.113. The highest BCUT2D eigenvalue weighted by molar-refractivity contribution is 9.09. The summed E-state index contributed by atoms with van der Waals surface area (Å²) in [5, 5.41) is 3.03. The number of halogens is 1. The van der Waals surface area contributed by atoms with Crippen molar-refractivity contribution in [3.63, 3.8) is 0 Å². The van der Waals surface area contributed by atoms with Crippen LogP contribution in [0, 0.1) is 0 Å². The van der Waals surface area contributed by atoms with Gasteiger partial charge >= 0.3 is 0 Å². The summed E-state index contributed by atoms with van der Waals surface area (Å²) in [6, 6.07) is 7.31. The molecule has 0 saturated carbocycles. The molecule has 1 aromatic carbocycles. The van der Waals surface area contributed by atoms with Gasteiger partial charge in [-0.05, 0) is 38.1 Å². The van der Waals surface area contributed by atoms with Gasteiger partial charge in [-0.15, -0.1) is 0 Å². The molecule has 0 unspecified atom stereocenters. The second-order valence-corrected chi connectivity index (χ2v) is 3.93. The number of carbonyl (C=O) groups is 1. The summed E-state index contributed by atoms with van der Waals surface area (Å²) in [4.78, 5) is 11.1. The maximum Gasteiger partial charge on any atom is 0.235 e. The van der Waals surface area contributed by atoms with Gasteiger partial charge in [0.15, 0.2) is 0 Å². The Labute approximate surface area is 97.9 Å². The molecule has 0 atom stereocenters. The van der Waals surface area contributed by atoms with E-state index in [2.05, 4.69) is 21.2 Å². The molecule has 0 radical (unpaired) electrons. The van der Waals surface area contributed by atoms with Crippen LogP contribution in [0.1, 0.15) is 13.8 Å². The number of ether oxygens (including phenoxy) is 1. The molecule has 1 aromatic rings. The van der Waals surface area contributed by atoms with Gasteiger partial charge in [0.1, 0.15) is 5.75 Å². The van der Waals surface area contributed by atoms with Crippen LogP contribution in [-0.4, -0.2) is 17.3 Å². The van der Waals surface area contributed by atoms with Crippen molar-refractivity contribution in [3.05, 3.63) is 24.3 Å². The van der Waals surface area contributed by atoms with Crippen molar-refractivity contribution in [2.45, 2.75) is 20.0 Å². The average molecular weight is 272 g/mol. The standard InChI is InChI=1S/C11H14BrNO2/c1-8(2)15-10-5-3-9(4-6-10)13-11(14)7-12/h3-6,8H,7H2,1-2H3,(H,13,14). The zero-order valence-electron chi connectivity index (χ0n) is 8.79. The quantitative estimate of drug-likeness (QED) is 0.856. The molecule has 3 nitrogen and oxygen atoms in total. The van der Waals surface area contributed by atoms with Crippen molar-refractivity contribution in [2.24, 2.45) is 0 Å². The summed E-state index contributed by atoms with van der Waals surface area (Å²) in [5.41, 5.74) is 0.774. The predicted molar refractivity (Wildman–Crippen MR) is 64.6 cm³/mol. The molecular formula is C11H14BrNO2. The normalized spacial score (nSPS) is 10.1. The Kier molecular flexibility index (Phi) is 4.62. The summed E-state index contributed by atoms with van der Waals surface area (Å²) in [6.07, 6.45) is 0.160. The van der Waals surface area contributed by atoms with Gasteiger partial charge in [-0.25, -0.2) is 0 Å². The van der Waals surface area contributed by atoms with E-state index in [0.717, 1.165) is 11.4 Å². The fourth-order valence-electron chi connectivity index (χ4n) is 1.08. The van der Waals surface area contributed by atoms with Crippen molar-refractivity contribution in [2.75, 3.05) is 10.6 Å². The molecule has 82 valence electrons. The van der Waals surface area contributed by atoms with Gasteiger partial charge in [0.2, 0.25) is 5.91 Å². The minimum absolute atomic E-state index is 0.0625. The van der Waals surface area contributed by atoms with E-state index in [4.69, 9.17) is 4.74 Å². The number of rotatable bonds is 4. The van der Waals surface area contributed by atoms with E-state index < -0.39 is 0 Å². The Hall–Kier alpha value is -1.03. The Morgan fingerprint density at radius 1 is 1.40 bits per heavy atom. The third-order valence-electron chi connectivity index (χ3n) is 1.63. The summed E-state index contributed by atoms with van der Waals surface area (Å²) < 4.78 is 5.48. The number of carbonyl (C=O) groups excluding carboxylic acids is 1. The number of hydrogen-bond donors (Lipinski definition) is 1. The molecule has 0 spiro atoms. The minimum Gasteiger partial charge on any atom is -0.491 e. The topological polar surface area (TPSA) is 38.3 Å². The number of amides is 1. The van der Waals surface area contributed by atoms with Crippen LogP contribution in [0.4, 0.5) is 5.69 Å².